The Kier molecular flexibility index (Phi) is 6.31. The van der Waals surface area contributed by atoms with Gasteiger partial charge in [0.25, 0.3) is 23.6 Å². The van der Waals surface area contributed by atoms with E-state index in [9.17, 15) is 39.0 Å². The number of hydrogen-bond donors (Lipinski definition) is 0. The summed E-state index contributed by atoms with van der Waals surface area (Å²) in [5, 5.41) is 21.9. The van der Waals surface area contributed by atoms with Gasteiger partial charge in [-0.2, -0.15) is 0 Å². The summed E-state index contributed by atoms with van der Waals surface area (Å²) >= 11 is 0. The summed E-state index contributed by atoms with van der Waals surface area (Å²) in [5.41, 5.74) is -0.202. The minimum Gasteiger partial charge on any atom is -0.548 e. The molecule has 0 atom stereocenters. The molecule has 2 aliphatic heterocycles. The average Bonchev–Trinajstić information content (AvgIpc) is 2.64. The zero-order chi connectivity index (χ0) is 20.3. The minimum atomic E-state index is -1.63. The molecule has 0 bridgehead atoms. The van der Waals surface area contributed by atoms with E-state index in [2.05, 4.69) is 0 Å². The predicted octanol–water partition coefficient (Wildman–Crippen LogP) is -8.46. The van der Waals surface area contributed by atoms with E-state index in [1.54, 1.807) is 0 Å². The van der Waals surface area contributed by atoms with E-state index in [1.807, 2.05) is 0 Å². The maximum atomic E-state index is 12.6. The van der Waals surface area contributed by atoms with Crippen molar-refractivity contribution in [1.29, 1.82) is 0 Å². The number of hydrogen-bond acceptors (Lipinski definition) is 8. The fourth-order valence-corrected chi connectivity index (χ4v) is 3.52. The molecule has 0 N–H and O–H groups in total. The van der Waals surface area contributed by atoms with Crippen LogP contribution in [0.3, 0.4) is 0 Å². The van der Waals surface area contributed by atoms with E-state index in [0.717, 1.165) is 0 Å². The van der Waals surface area contributed by atoms with Gasteiger partial charge in [-0.3, -0.25) is 29.0 Å². The number of nitrogens with zero attached hydrogens (tertiary/aromatic N) is 2. The van der Waals surface area contributed by atoms with Crippen LogP contribution in [0.15, 0.2) is 24.3 Å². The smallest absolute Gasteiger partial charge is 0.548 e. The largest absolute Gasteiger partial charge is 1.00 e. The van der Waals surface area contributed by atoms with Crippen molar-refractivity contribution in [3.63, 3.8) is 0 Å². The summed E-state index contributed by atoms with van der Waals surface area (Å²) in [6.45, 7) is -1.89. The van der Waals surface area contributed by atoms with Crippen molar-refractivity contribution in [1.82, 2.24) is 9.80 Å². The summed E-state index contributed by atoms with van der Waals surface area (Å²) in [6.07, 6.45) is 0. The van der Waals surface area contributed by atoms with Crippen LogP contribution < -0.4 is 47.9 Å². The third kappa shape index (κ3) is 3.24. The molecule has 0 saturated carbocycles. The Bertz CT molecular complexity index is 1020. The van der Waals surface area contributed by atoms with Gasteiger partial charge in [-0.05, 0) is 24.3 Å². The van der Waals surface area contributed by atoms with Crippen LogP contribution in [0.25, 0.3) is 10.8 Å². The number of aliphatic carboxylic acids is 2. The molecule has 2 heterocycles. The van der Waals surface area contributed by atoms with Gasteiger partial charge in [0.1, 0.15) is 0 Å². The monoisotopic (exact) mass is 394 g/mol. The molecule has 2 aliphatic rings. The van der Waals surface area contributed by atoms with Crippen LogP contribution >= 0.6 is 0 Å². The molecule has 0 unspecified atom stereocenters. The van der Waals surface area contributed by atoms with Crippen molar-refractivity contribution in [2.45, 2.75) is 0 Å². The molecule has 4 rings (SSSR count). The number of imide groups is 2. The molecule has 4 amide bonds. The summed E-state index contributed by atoms with van der Waals surface area (Å²) in [4.78, 5) is 73.2. The van der Waals surface area contributed by atoms with E-state index in [1.165, 1.54) is 24.3 Å². The normalized spacial score (nSPS) is 14.4. The predicted molar refractivity (Wildman–Crippen MR) is 84.7 cm³/mol. The van der Waals surface area contributed by atoms with Gasteiger partial charge in [0, 0.05) is 33.0 Å². The Balaban J connectivity index is 0.00000160. The number of amides is 4. The van der Waals surface area contributed by atoms with Crippen molar-refractivity contribution in [2.75, 3.05) is 13.1 Å². The third-order valence-electron chi connectivity index (χ3n) is 4.64. The summed E-state index contributed by atoms with van der Waals surface area (Å²) in [7, 11) is 0. The first-order chi connectivity index (χ1) is 13.2. The van der Waals surface area contributed by atoms with Gasteiger partial charge in [-0.25, -0.2) is 0 Å². The molecule has 0 spiro atoms. The summed E-state index contributed by atoms with van der Waals surface area (Å²) in [6, 6.07) is 4.92. The maximum Gasteiger partial charge on any atom is 1.00 e. The SMILES string of the molecule is O=C([O-])CN1C(=O)c2ccc3c4c(ccc(c24)C1=O)C(=O)N(CC(=O)[O-])C3=O.[Li+].[Li+]. The van der Waals surface area contributed by atoms with Crippen molar-refractivity contribution < 1.29 is 76.7 Å². The van der Waals surface area contributed by atoms with Gasteiger partial charge >= 0.3 is 37.7 Å². The average molecular weight is 394 g/mol. The first kappa shape index (κ1) is 23.4. The number of benzene rings is 2. The van der Waals surface area contributed by atoms with Crippen LogP contribution in [0, 0.1) is 0 Å². The Labute approximate surface area is 192 Å². The molecular weight excluding hydrogens is 386 g/mol. The van der Waals surface area contributed by atoms with E-state index >= 15 is 0 Å². The number of carboxylic acids is 2. The Hall–Kier alpha value is -2.89. The second kappa shape index (κ2) is 8.09. The first-order valence-electron chi connectivity index (χ1n) is 7.94. The van der Waals surface area contributed by atoms with Crippen LogP contribution in [0.4, 0.5) is 0 Å². The van der Waals surface area contributed by atoms with Crippen molar-refractivity contribution in [3.05, 3.63) is 46.5 Å². The van der Waals surface area contributed by atoms with E-state index in [-0.39, 0.29) is 70.7 Å². The molecule has 10 nitrogen and oxygen atoms in total. The Morgan fingerprint density at radius 2 is 0.833 bits per heavy atom. The summed E-state index contributed by atoms with van der Waals surface area (Å²) < 4.78 is 0. The molecule has 0 fully saturated rings. The first-order valence-corrected chi connectivity index (χ1v) is 7.94. The van der Waals surface area contributed by atoms with Crippen LogP contribution in [0.5, 0.6) is 0 Å². The van der Waals surface area contributed by atoms with Crippen LogP contribution in [-0.2, 0) is 9.59 Å². The summed E-state index contributed by atoms with van der Waals surface area (Å²) in [5.74, 6) is -6.85. The van der Waals surface area contributed by atoms with Crippen LogP contribution in [0.1, 0.15) is 41.4 Å². The zero-order valence-corrected chi connectivity index (χ0v) is 15.9. The van der Waals surface area contributed by atoms with E-state index in [0.29, 0.717) is 9.80 Å². The number of rotatable bonds is 4. The molecular formula is C18H8Li2N2O8. The standard InChI is InChI=1S/C18H10N2O8.2Li/c21-11(22)5-19-15(25)7-1-2-8-14-10(4-3-9(13(7)14)17(19)27)18(28)20(16(8)26)6-12(23)24;;/h1-4H,5-6H2,(H,21,22)(H,23,24);;/q;2*+1/p-2. The molecule has 30 heavy (non-hydrogen) atoms. The number of carboxylic acid groups (broad SMARTS) is 2. The molecule has 0 saturated heterocycles. The minimum absolute atomic E-state index is 0. The molecule has 140 valence electrons. The molecule has 0 aliphatic carbocycles. The Morgan fingerprint density at radius 1 is 0.600 bits per heavy atom. The van der Waals surface area contributed by atoms with E-state index < -0.39 is 48.7 Å². The molecule has 2 aromatic carbocycles. The van der Waals surface area contributed by atoms with Gasteiger partial charge in [-0.15, -0.1) is 0 Å². The second-order valence-electron chi connectivity index (χ2n) is 6.21. The molecule has 0 aromatic heterocycles. The molecule has 12 heteroatoms. The van der Waals surface area contributed by atoms with Gasteiger partial charge in [0.15, 0.2) is 0 Å². The number of carbonyl (C=O) groups is 6. The van der Waals surface area contributed by atoms with Gasteiger partial charge in [-0.1, -0.05) is 0 Å². The fourth-order valence-electron chi connectivity index (χ4n) is 3.52. The third-order valence-corrected chi connectivity index (χ3v) is 4.64. The van der Waals surface area contributed by atoms with Gasteiger partial charge < -0.3 is 19.8 Å². The van der Waals surface area contributed by atoms with Crippen LogP contribution in [-0.4, -0.2) is 58.5 Å². The topological polar surface area (TPSA) is 155 Å². The van der Waals surface area contributed by atoms with Crippen molar-refractivity contribution >= 4 is 46.3 Å². The quantitative estimate of drug-likeness (QED) is 0.366. The van der Waals surface area contributed by atoms with Gasteiger partial charge in [0.05, 0.1) is 25.0 Å². The zero-order valence-electron chi connectivity index (χ0n) is 15.9. The van der Waals surface area contributed by atoms with Crippen molar-refractivity contribution in [3.8, 4) is 0 Å². The molecule has 2 aromatic rings. The van der Waals surface area contributed by atoms with E-state index in [4.69, 9.17) is 0 Å². The maximum absolute atomic E-state index is 12.6. The van der Waals surface area contributed by atoms with Crippen molar-refractivity contribution in [2.24, 2.45) is 0 Å². The fraction of sp³-hybridized carbons (Fsp3) is 0.111. The van der Waals surface area contributed by atoms with Gasteiger partial charge in [0.2, 0.25) is 0 Å². The van der Waals surface area contributed by atoms with Crippen LogP contribution in [0.2, 0.25) is 0 Å². The second-order valence-corrected chi connectivity index (χ2v) is 6.21. The number of carbonyl (C=O) groups excluding carboxylic acids is 6. The Morgan fingerprint density at radius 3 is 1.03 bits per heavy atom. The molecule has 0 radical (unpaired) electrons.